The third kappa shape index (κ3) is 8.38. The van der Waals surface area contributed by atoms with Crippen LogP contribution in [0.15, 0.2) is 0 Å². The number of esters is 4. The van der Waals surface area contributed by atoms with Crippen LogP contribution in [0.25, 0.3) is 0 Å². The van der Waals surface area contributed by atoms with Crippen molar-refractivity contribution in [1.82, 2.24) is 4.90 Å². The van der Waals surface area contributed by atoms with E-state index in [0.29, 0.717) is 25.9 Å². The molecule has 0 spiro atoms. The third-order valence-corrected chi connectivity index (χ3v) is 5.60. The van der Waals surface area contributed by atoms with E-state index in [1.165, 1.54) is 4.90 Å². The average Bonchev–Trinajstić information content (AvgIpc) is 3.09. The number of hydrogen-bond acceptors (Lipinski definition) is 9. The SMILES string of the molecule is CCOC(=O)C(CCN1CC[NH+](CCC(C(=O)OCC)C(=O)OCC)C1C)C(=O)OCC. The minimum absolute atomic E-state index is 0.102. The summed E-state index contributed by atoms with van der Waals surface area (Å²) < 4.78 is 20.1. The van der Waals surface area contributed by atoms with Crippen LogP contribution < -0.4 is 4.90 Å². The molecule has 10 nitrogen and oxygen atoms in total. The fourth-order valence-corrected chi connectivity index (χ4v) is 3.85. The van der Waals surface area contributed by atoms with Gasteiger partial charge < -0.3 is 23.8 Å². The normalized spacial score (nSPS) is 18.6. The van der Waals surface area contributed by atoms with Gasteiger partial charge in [0, 0.05) is 19.9 Å². The summed E-state index contributed by atoms with van der Waals surface area (Å²) >= 11 is 0. The zero-order valence-electron chi connectivity index (χ0n) is 20.0. The average molecular weight is 460 g/mol. The first-order chi connectivity index (χ1) is 15.3. The van der Waals surface area contributed by atoms with Gasteiger partial charge in [0.15, 0.2) is 11.8 Å². The summed E-state index contributed by atoms with van der Waals surface area (Å²) in [4.78, 5) is 52.2. The summed E-state index contributed by atoms with van der Waals surface area (Å²) in [5.74, 6) is -4.10. The molecule has 0 radical (unpaired) electrons. The molecule has 1 saturated heterocycles. The Labute approximate surface area is 190 Å². The van der Waals surface area contributed by atoms with E-state index in [2.05, 4.69) is 11.8 Å². The molecule has 32 heavy (non-hydrogen) atoms. The molecule has 1 aliphatic rings. The van der Waals surface area contributed by atoms with Gasteiger partial charge in [-0.15, -0.1) is 0 Å². The van der Waals surface area contributed by atoms with E-state index < -0.39 is 35.7 Å². The van der Waals surface area contributed by atoms with Crippen LogP contribution in [0.4, 0.5) is 0 Å². The summed E-state index contributed by atoms with van der Waals surface area (Å²) in [6.45, 7) is 12.4. The van der Waals surface area contributed by atoms with Gasteiger partial charge in [-0.25, -0.2) is 4.90 Å². The maximum atomic E-state index is 12.2. The number of quaternary nitrogens is 1. The van der Waals surface area contributed by atoms with E-state index in [1.54, 1.807) is 27.7 Å². The maximum absolute atomic E-state index is 12.2. The quantitative estimate of drug-likeness (QED) is 0.214. The first-order valence-corrected chi connectivity index (χ1v) is 11.6. The number of rotatable bonds is 14. The molecule has 0 amide bonds. The number of ether oxygens (including phenoxy) is 4. The van der Waals surface area contributed by atoms with Crippen molar-refractivity contribution in [3.63, 3.8) is 0 Å². The summed E-state index contributed by atoms with van der Waals surface area (Å²) in [5.41, 5.74) is 0. The lowest BCUT2D eigenvalue weighted by Gasteiger charge is -2.25. The van der Waals surface area contributed by atoms with E-state index >= 15 is 0 Å². The molecular weight excluding hydrogens is 420 g/mol. The van der Waals surface area contributed by atoms with Crippen molar-refractivity contribution < 1.29 is 43.0 Å². The fraction of sp³-hybridized carbons (Fsp3) is 0.818. The summed E-state index contributed by atoms with van der Waals surface area (Å²) in [7, 11) is 0. The van der Waals surface area contributed by atoms with Crippen molar-refractivity contribution in [3.05, 3.63) is 0 Å². The van der Waals surface area contributed by atoms with Crippen LogP contribution in [-0.4, -0.2) is 87.5 Å². The van der Waals surface area contributed by atoms with E-state index in [1.807, 2.05) is 0 Å². The van der Waals surface area contributed by atoms with Gasteiger partial charge in [-0.2, -0.15) is 0 Å². The highest BCUT2D eigenvalue weighted by Gasteiger charge is 2.37. The lowest BCUT2D eigenvalue weighted by molar-refractivity contribution is -0.916. The summed E-state index contributed by atoms with van der Waals surface area (Å²) in [5, 5.41) is 0. The van der Waals surface area contributed by atoms with Crippen LogP contribution >= 0.6 is 0 Å². The predicted octanol–water partition coefficient (Wildman–Crippen LogP) is -0.202. The highest BCUT2D eigenvalue weighted by Crippen LogP contribution is 2.13. The van der Waals surface area contributed by atoms with Crippen molar-refractivity contribution in [3.8, 4) is 0 Å². The van der Waals surface area contributed by atoms with Crippen molar-refractivity contribution in [1.29, 1.82) is 0 Å². The number of nitrogens with one attached hydrogen (secondary N) is 1. The Morgan fingerprint density at radius 1 is 0.781 bits per heavy atom. The largest absolute Gasteiger partial charge is 0.465 e. The number of nitrogens with zero attached hydrogens (tertiary/aromatic N) is 1. The predicted molar refractivity (Wildman–Crippen MR) is 114 cm³/mol. The molecule has 184 valence electrons. The van der Waals surface area contributed by atoms with Crippen LogP contribution in [0.5, 0.6) is 0 Å². The Kier molecular flexibility index (Phi) is 12.9. The second kappa shape index (κ2) is 14.8. The molecule has 1 rings (SSSR count). The summed E-state index contributed by atoms with van der Waals surface area (Å²) in [6, 6.07) is 0. The van der Waals surface area contributed by atoms with Crippen molar-refractivity contribution in [2.24, 2.45) is 11.8 Å². The molecule has 0 aliphatic carbocycles. The molecule has 1 heterocycles. The number of hydrogen-bond donors (Lipinski definition) is 1. The van der Waals surface area contributed by atoms with Crippen molar-refractivity contribution in [2.45, 2.75) is 53.6 Å². The lowest BCUT2D eigenvalue weighted by Crippen LogP contribution is -3.14. The second-order valence-electron chi connectivity index (χ2n) is 7.56. The standard InChI is InChI=1S/C22H38N2O8/c1-6-29-19(25)17(20(26)30-7-2)10-12-23-14-15-24(16(23)5)13-11-18(21(27)31-8-3)22(28)32-9-4/h16-18H,6-15H2,1-5H3/p+1. The Morgan fingerprint density at radius 3 is 1.59 bits per heavy atom. The second-order valence-corrected chi connectivity index (χ2v) is 7.56. The van der Waals surface area contributed by atoms with E-state index in [0.717, 1.165) is 13.1 Å². The van der Waals surface area contributed by atoms with Gasteiger partial charge in [0.25, 0.3) is 0 Å². The molecule has 10 heteroatoms. The first kappa shape index (κ1) is 27.8. The van der Waals surface area contributed by atoms with Crippen LogP contribution in [0.2, 0.25) is 0 Å². The van der Waals surface area contributed by atoms with E-state index in [-0.39, 0.29) is 32.6 Å². The Balaban J connectivity index is 2.66. The molecule has 0 aromatic heterocycles. The Morgan fingerprint density at radius 2 is 1.19 bits per heavy atom. The molecule has 1 fully saturated rings. The topological polar surface area (TPSA) is 113 Å². The zero-order chi connectivity index (χ0) is 24.1. The van der Waals surface area contributed by atoms with Gasteiger partial charge in [0.2, 0.25) is 0 Å². The molecule has 1 aliphatic heterocycles. The maximum Gasteiger partial charge on any atom is 0.320 e. The summed E-state index contributed by atoms with van der Waals surface area (Å²) in [6.07, 6.45) is 0.744. The smallest absolute Gasteiger partial charge is 0.320 e. The molecular formula is C22H39N2O8+. The van der Waals surface area contributed by atoms with Crippen LogP contribution in [-0.2, 0) is 38.1 Å². The van der Waals surface area contributed by atoms with Crippen LogP contribution in [0, 0.1) is 11.8 Å². The first-order valence-electron chi connectivity index (χ1n) is 11.6. The highest BCUT2D eigenvalue weighted by molar-refractivity contribution is 5.95. The van der Waals surface area contributed by atoms with Gasteiger partial charge in [-0.3, -0.25) is 19.2 Å². The van der Waals surface area contributed by atoms with Gasteiger partial charge in [-0.1, -0.05) is 0 Å². The Bertz CT molecular complexity index is 539. The van der Waals surface area contributed by atoms with Gasteiger partial charge in [0.1, 0.15) is 6.17 Å². The Hall–Kier alpha value is -2.20. The molecule has 1 N–H and O–H groups in total. The fourth-order valence-electron chi connectivity index (χ4n) is 3.85. The monoisotopic (exact) mass is 459 g/mol. The molecule has 0 aromatic carbocycles. The van der Waals surface area contributed by atoms with Crippen LogP contribution in [0.3, 0.4) is 0 Å². The van der Waals surface area contributed by atoms with E-state index in [4.69, 9.17) is 18.9 Å². The van der Waals surface area contributed by atoms with Gasteiger partial charge in [-0.05, 0) is 34.1 Å². The van der Waals surface area contributed by atoms with Gasteiger partial charge in [0.05, 0.1) is 46.1 Å². The van der Waals surface area contributed by atoms with Crippen molar-refractivity contribution >= 4 is 23.9 Å². The zero-order valence-corrected chi connectivity index (χ0v) is 20.0. The molecule has 2 unspecified atom stereocenters. The minimum Gasteiger partial charge on any atom is -0.465 e. The molecule has 0 aromatic rings. The van der Waals surface area contributed by atoms with E-state index in [9.17, 15) is 19.2 Å². The third-order valence-electron chi connectivity index (χ3n) is 5.60. The number of carbonyl (C=O) groups excluding carboxylic acids is 4. The van der Waals surface area contributed by atoms with Crippen LogP contribution in [0.1, 0.15) is 47.5 Å². The molecule has 0 bridgehead atoms. The number of carbonyl (C=O) groups is 4. The molecule has 2 atom stereocenters. The van der Waals surface area contributed by atoms with Gasteiger partial charge >= 0.3 is 23.9 Å². The highest BCUT2D eigenvalue weighted by atomic mass is 16.6. The molecule has 0 saturated carbocycles. The lowest BCUT2D eigenvalue weighted by atomic mass is 10.1. The minimum atomic E-state index is -0.942. The van der Waals surface area contributed by atoms with Crippen molar-refractivity contribution in [2.75, 3.05) is 52.6 Å².